The van der Waals surface area contributed by atoms with Gasteiger partial charge in [0.15, 0.2) is 0 Å². The lowest BCUT2D eigenvalue weighted by molar-refractivity contribution is -0.158. The predicted molar refractivity (Wildman–Crippen MR) is 138 cm³/mol. The van der Waals surface area contributed by atoms with Crippen molar-refractivity contribution in [2.24, 2.45) is 0 Å². The molecule has 0 heterocycles. The first-order chi connectivity index (χ1) is 17.1. The van der Waals surface area contributed by atoms with Crippen LogP contribution in [0.3, 0.4) is 0 Å². The van der Waals surface area contributed by atoms with Crippen LogP contribution in [0.25, 0.3) is 0 Å². The number of hydrogen-bond acceptors (Lipinski definition) is 5. The molecule has 1 radical (unpaired) electrons. The summed E-state index contributed by atoms with van der Waals surface area (Å²) in [5.41, 5.74) is 0.253. The fourth-order valence-electron chi connectivity index (χ4n) is 3.77. The van der Waals surface area contributed by atoms with E-state index in [2.05, 4.69) is 19.6 Å². The molecule has 2 aromatic rings. The first kappa shape index (κ1) is 28.2. The Kier molecular flexibility index (Phi) is 14.0. The molecule has 0 aliphatic rings. The monoisotopic (exact) mass is 479 g/mol. The average Bonchev–Trinajstić information content (AvgIpc) is 2.88. The quantitative estimate of drug-likeness (QED) is 0.0716. The molecule has 189 valence electrons. The second kappa shape index (κ2) is 17.4. The van der Waals surface area contributed by atoms with Crippen LogP contribution in [0.5, 0.6) is 11.5 Å². The minimum Gasteiger partial charge on any atom is -0.454 e. The Morgan fingerprint density at radius 1 is 0.886 bits per heavy atom. The third-order valence-electron chi connectivity index (χ3n) is 5.71. The average molecular weight is 480 g/mol. The number of para-hydroxylation sites is 2. The standard InChI is InChI=1S/C30H39O5/c1-3-5-6-7-8-9-10-11-12-13-17-24-29(35-28(31)4-2)34-27-23-19-18-22-26(27)30(32)33-25-20-15-14-16-21-25/h4,14-16,18-20,22-23,29H,2-3,5-13,17,24H2,1H3. The second-order valence-electron chi connectivity index (χ2n) is 8.63. The summed E-state index contributed by atoms with van der Waals surface area (Å²) in [4.78, 5) is 24.6. The SMILES string of the molecule is C=CC(=O)OC(CCCCCCCCCCCCC)Oc1ccccc1C(=O)Oc1[c]cccc1. The molecular weight excluding hydrogens is 440 g/mol. The van der Waals surface area contributed by atoms with Crippen LogP contribution in [0.1, 0.15) is 94.3 Å². The van der Waals surface area contributed by atoms with E-state index in [0.717, 1.165) is 25.3 Å². The smallest absolute Gasteiger partial charge is 0.347 e. The van der Waals surface area contributed by atoms with Gasteiger partial charge in [0.1, 0.15) is 17.1 Å². The van der Waals surface area contributed by atoms with Crippen LogP contribution >= 0.6 is 0 Å². The minimum atomic E-state index is -0.809. The number of carbonyl (C=O) groups excluding carboxylic acids is 2. The maximum Gasteiger partial charge on any atom is 0.347 e. The molecule has 2 rings (SSSR count). The Morgan fingerprint density at radius 2 is 1.51 bits per heavy atom. The molecule has 0 aliphatic heterocycles. The van der Waals surface area contributed by atoms with E-state index in [4.69, 9.17) is 14.2 Å². The second-order valence-corrected chi connectivity index (χ2v) is 8.63. The topological polar surface area (TPSA) is 61.8 Å². The highest BCUT2D eigenvalue weighted by Gasteiger charge is 2.20. The molecule has 35 heavy (non-hydrogen) atoms. The summed E-state index contributed by atoms with van der Waals surface area (Å²) in [7, 11) is 0. The lowest BCUT2D eigenvalue weighted by atomic mass is 10.1. The maximum atomic E-state index is 12.7. The fraction of sp³-hybridized carbons (Fsp3) is 0.467. The molecule has 0 fully saturated rings. The first-order valence-electron chi connectivity index (χ1n) is 12.9. The molecular formula is C30H39O5. The van der Waals surface area contributed by atoms with Gasteiger partial charge in [-0.1, -0.05) is 108 Å². The summed E-state index contributed by atoms with van der Waals surface area (Å²) in [5.74, 6) is -0.496. The van der Waals surface area contributed by atoms with Crippen molar-refractivity contribution in [2.75, 3.05) is 0 Å². The molecule has 0 spiro atoms. The molecule has 5 nitrogen and oxygen atoms in total. The van der Waals surface area contributed by atoms with Crippen LogP contribution in [-0.2, 0) is 9.53 Å². The van der Waals surface area contributed by atoms with Gasteiger partial charge in [0.2, 0.25) is 6.29 Å². The Labute approximate surface area is 210 Å². The van der Waals surface area contributed by atoms with Gasteiger partial charge in [0.25, 0.3) is 0 Å². The van der Waals surface area contributed by atoms with Crippen molar-refractivity contribution in [3.63, 3.8) is 0 Å². The summed E-state index contributed by atoms with van der Waals surface area (Å²) >= 11 is 0. The molecule has 0 N–H and O–H groups in total. The molecule has 1 atom stereocenters. The Balaban J connectivity index is 1.83. The molecule has 0 saturated carbocycles. The van der Waals surface area contributed by atoms with Crippen molar-refractivity contribution in [2.45, 2.75) is 90.3 Å². The van der Waals surface area contributed by atoms with Crippen molar-refractivity contribution in [3.8, 4) is 11.5 Å². The van der Waals surface area contributed by atoms with Crippen LogP contribution in [0.2, 0.25) is 0 Å². The lowest BCUT2D eigenvalue weighted by Crippen LogP contribution is -2.24. The highest BCUT2D eigenvalue weighted by molar-refractivity contribution is 5.94. The molecule has 0 bridgehead atoms. The summed E-state index contributed by atoms with van der Waals surface area (Å²) in [6, 6.07) is 16.5. The summed E-state index contributed by atoms with van der Waals surface area (Å²) in [6.07, 6.45) is 14.3. The molecule has 0 aliphatic carbocycles. The molecule has 0 amide bonds. The van der Waals surface area contributed by atoms with Crippen molar-refractivity contribution >= 4 is 11.9 Å². The number of rotatable bonds is 18. The van der Waals surface area contributed by atoms with Gasteiger partial charge in [-0.3, -0.25) is 0 Å². The third kappa shape index (κ3) is 11.7. The number of carbonyl (C=O) groups is 2. The van der Waals surface area contributed by atoms with E-state index < -0.39 is 18.2 Å². The Hall–Kier alpha value is -3.08. The van der Waals surface area contributed by atoms with Crippen molar-refractivity contribution in [3.05, 3.63) is 72.8 Å². The molecule has 0 saturated heterocycles. The van der Waals surface area contributed by atoms with E-state index in [1.54, 1.807) is 48.5 Å². The molecule has 2 aromatic carbocycles. The number of hydrogen-bond donors (Lipinski definition) is 0. The zero-order valence-electron chi connectivity index (χ0n) is 21.0. The van der Waals surface area contributed by atoms with E-state index in [-0.39, 0.29) is 5.56 Å². The van der Waals surface area contributed by atoms with Crippen LogP contribution in [0, 0.1) is 6.07 Å². The largest absolute Gasteiger partial charge is 0.454 e. The Bertz CT molecular complexity index is 877. The summed E-state index contributed by atoms with van der Waals surface area (Å²) < 4.78 is 16.8. The van der Waals surface area contributed by atoms with Crippen LogP contribution in [0.4, 0.5) is 0 Å². The van der Waals surface area contributed by atoms with E-state index in [1.165, 1.54) is 51.4 Å². The molecule has 0 aromatic heterocycles. The molecule has 5 heteroatoms. The highest BCUT2D eigenvalue weighted by atomic mass is 16.7. The van der Waals surface area contributed by atoms with Crippen molar-refractivity contribution in [1.82, 2.24) is 0 Å². The van der Waals surface area contributed by atoms with Crippen LogP contribution in [-0.4, -0.2) is 18.2 Å². The lowest BCUT2D eigenvalue weighted by Gasteiger charge is -2.20. The highest BCUT2D eigenvalue weighted by Crippen LogP contribution is 2.24. The first-order valence-corrected chi connectivity index (χ1v) is 12.9. The van der Waals surface area contributed by atoms with E-state index in [0.29, 0.717) is 17.9 Å². The van der Waals surface area contributed by atoms with Crippen LogP contribution < -0.4 is 9.47 Å². The number of esters is 2. The van der Waals surface area contributed by atoms with E-state index in [1.807, 2.05) is 0 Å². The van der Waals surface area contributed by atoms with Gasteiger partial charge >= 0.3 is 11.9 Å². The normalized spacial score (nSPS) is 11.5. The van der Waals surface area contributed by atoms with Gasteiger partial charge < -0.3 is 14.2 Å². The van der Waals surface area contributed by atoms with Gasteiger partial charge in [0, 0.05) is 18.6 Å². The third-order valence-corrected chi connectivity index (χ3v) is 5.71. The van der Waals surface area contributed by atoms with Gasteiger partial charge in [-0.25, -0.2) is 9.59 Å². The van der Waals surface area contributed by atoms with Crippen molar-refractivity contribution in [1.29, 1.82) is 0 Å². The van der Waals surface area contributed by atoms with E-state index >= 15 is 0 Å². The maximum absolute atomic E-state index is 12.7. The van der Waals surface area contributed by atoms with Gasteiger partial charge in [-0.15, -0.1) is 0 Å². The summed E-state index contributed by atoms with van der Waals surface area (Å²) in [5, 5.41) is 0. The van der Waals surface area contributed by atoms with Crippen LogP contribution in [0.15, 0.2) is 61.2 Å². The number of benzene rings is 2. The Morgan fingerprint density at radius 3 is 2.14 bits per heavy atom. The zero-order chi connectivity index (χ0) is 25.1. The number of ether oxygens (including phenoxy) is 3. The number of unbranched alkanes of at least 4 members (excludes halogenated alkanes) is 10. The molecule has 1 unspecified atom stereocenters. The zero-order valence-corrected chi connectivity index (χ0v) is 21.0. The van der Waals surface area contributed by atoms with Gasteiger partial charge in [0.05, 0.1) is 0 Å². The summed E-state index contributed by atoms with van der Waals surface area (Å²) in [6.45, 7) is 5.71. The predicted octanol–water partition coefficient (Wildman–Crippen LogP) is 7.84. The fourth-order valence-corrected chi connectivity index (χ4v) is 3.77. The van der Waals surface area contributed by atoms with Gasteiger partial charge in [-0.05, 0) is 24.6 Å². The minimum absolute atomic E-state index is 0.253. The van der Waals surface area contributed by atoms with Gasteiger partial charge in [-0.2, -0.15) is 0 Å². The van der Waals surface area contributed by atoms with Crippen molar-refractivity contribution < 1.29 is 23.8 Å². The van der Waals surface area contributed by atoms with E-state index in [9.17, 15) is 9.59 Å².